The zero-order valence-corrected chi connectivity index (χ0v) is 9.20. The largest absolute Gasteiger partial charge is 0.463 e. The van der Waals surface area contributed by atoms with Crippen LogP contribution in [0.2, 0.25) is 0 Å². The lowest BCUT2D eigenvalue weighted by Gasteiger charge is -2.15. The third kappa shape index (κ3) is 7.58. The molecule has 0 fully saturated rings. The Kier molecular flexibility index (Phi) is 5.92. The average Bonchev–Trinajstić information content (AvgIpc) is 1.98. The fraction of sp³-hybridized carbons (Fsp3) is 0.800. The van der Waals surface area contributed by atoms with Gasteiger partial charge in [-0.1, -0.05) is 0 Å². The van der Waals surface area contributed by atoms with Crippen molar-refractivity contribution in [1.29, 1.82) is 0 Å². The van der Waals surface area contributed by atoms with E-state index in [9.17, 15) is 9.59 Å². The molecule has 0 bridgehead atoms. The molecule has 0 aromatic heterocycles. The lowest BCUT2D eigenvalue weighted by molar-refractivity contribution is -0.149. The summed E-state index contributed by atoms with van der Waals surface area (Å²) < 4.78 is 9.85. The van der Waals surface area contributed by atoms with Crippen molar-refractivity contribution in [3.63, 3.8) is 0 Å². The van der Waals surface area contributed by atoms with E-state index in [-0.39, 0.29) is 24.1 Å². The molecule has 0 amide bonds. The van der Waals surface area contributed by atoms with Gasteiger partial charge in [0, 0.05) is 13.8 Å². The molecule has 0 aliphatic carbocycles. The molecule has 0 saturated heterocycles. The molecular formula is C10H18O4. The van der Waals surface area contributed by atoms with Gasteiger partial charge in [-0.25, -0.2) is 0 Å². The van der Waals surface area contributed by atoms with Crippen LogP contribution in [0.3, 0.4) is 0 Å². The maximum atomic E-state index is 10.6. The van der Waals surface area contributed by atoms with Crippen LogP contribution in [0.25, 0.3) is 0 Å². The first-order chi connectivity index (χ1) is 6.41. The van der Waals surface area contributed by atoms with E-state index >= 15 is 0 Å². The van der Waals surface area contributed by atoms with Crippen LogP contribution in [0.15, 0.2) is 0 Å². The van der Waals surface area contributed by atoms with Gasteiger partial charge in [0.1, 0.15) is 0 Å². The molecule has 0 radical (unpaired) electrons. The Labute approximate surface area is 84.6 Å². The Balaban J connectivity index is 3.60. The van der Waals surface area contributed by atoms with Crippen molar-refractivity contribution in [3.8, 4) is 0 Å². The molecule has 0 saturated carbocycles. The van der Waals surface area contributed by atoms with Crippen LogP contribution in [0, 0.1) is 0 Å². The topological polar surface area (TPSA) is 52.6 Å². The van der Waals surface area contributed by atoms with Crippen molar-refractivity contribution >= 4 is 11.9 Å². The molecule has 82 valence electrons. The number of carbonyl (C=O) groups excluding carboxylic acids is 2. The van der Waals surface area contributed by atoms with E-state index in [0.29, 0.717) is 12.8 Å². The number of rotatable bonds is 5. The highest BCUT2D eigenvalue weighted by Crippen LogP contribution is 2.07. The van der Waals surface area contributed by atoms with Gasteiger partial charge in [0.05, 0.1) is 12.2 Å². The fourth-order valence-corrected chi connectivity index (χ4v) is 1.15. The van der Waals surface area contributed by atoms with Gasteiger partial charge in [0.15, 0.2) is 0 Å². The van der Waals surface area contributed by atoms with Crippen LogP contribution in [-0.2, 0) is 19.1 Å². The van der Waals surface area contributed by atoms with E-state index in [4.69, 9.17) is 9.47 Å². The van der Waals surface area contributed by atoms with Crippen LogP contribution < -0.4 is 0 Å². The van der Waals surface area contributed by atoms with Crippen molar-refractivity contribution in [2.45, 2.75) is 52.7 Å². The molecule has 4 heteroatoms. The summed E-state index contributed by atoms with van der Waals surface area (Å²) in [5.74, 6) is -0.560. The Hall–Kier alpha value is -1.06. The highest BCUT2D eigenvalue weighted by molar-refractivity contribution is 5.66. The van der Waals surface area contributed by atoms with Crippen molar-refractivity contribution < 1.29 is 19.1 Å². The number of hydrogen-bond donors (Lipinski definition) is 0. The zero-order chi connectivity index (χ0) is 11.1. The SMILES string of the molecule is CC(=O)OC(C)CCC(C)OC(C)=O. The summed E-state index contributed by atoms with van der Waals surface area (Å²) in [7, 11) is 0. The highest BCUT2D eigenvalue weighted by atomic mass is 16.5. The van der Waals surface area contributed by atoms with Gasteiger partial charge >= 0.3 is 11.9 Å². The van der Waals surface area contributed by atoms with Crippen LogP contribution in [0.5, 0.6) is 0 Å². The van der Waals surface area contributed by atoms with Gasteiger partial charge < -0.3 is 9.47 Å². The molecule has 0 heterocycles. The summed E-state index contributed by atoms with van der Waals surface area (Å²) in [4.78, 5) is 21.1. The minimum Gasteiger partial charge on any atom is -0.463 e. The van der Waals surface area contributed by atoms with E-state index in [0.717, 1.165) is 0 Å². The molecule has 0 rings (SSSR count). The van der Waals surface area contributed by atoms with Gasteiger partial charge in [-0.3, -0.25) is 9.59 Å². The first kappa shape index (κ1) is 12.9. The van der Waals surface area contributed by atoms with Crippen LogP contribution in [-0.4, -0.2) is 24.1 Å². The molecule has 2 unspecified atom stereocenters. The lowest BCUT2D eigenvalue weighted by Crippen LogP contribution is -2.17. The average molecular weight is 202 g/mol. The van der Waals surface area contributed by atoms with Gasteiger partial charge in [0.2, 0.25) is 0 Å². The highest BCUT2D eigenvalue weighted by Gasteiger charge is 2.10. The molecule has 4 nitrogen and oxygen atoms in total. The van der Waals surface area contributed by atoms with Crippen LogP contribution >= 0.6 is 0 Å². The molecule has 0 spiro atoms. The quantitative estimate of drug-likeness (QED) is 0.636. The third-order valence-electron chi connectivity index (χ3n) is 1.71. The predicted molar refractivity (Wildman–Crippen MR) is 51.7 cm³/mol. The maximum Gasteiger partial charge on any atom is 0.302 e. The molecule has 14 heavy (non-hydrogen) atoms. The number of ether oxygens (including phenoxy) is 2. The molecule has 0 aliphatic heterocycles. The van der Waals surface area contributed by atoms with Crippen LogP contribution in [0.4, 0.5) is 0 Å². The number of hydrogen-bond acceptors (Lipinski definition) is 4. The van der Waals surface area contributed by atoms with Gasteiger partial charge in [-0.05, 0) is 26.7 Å². The van der Waals surface area contributed by atoms with Crippen molar-refractivity contribution in [2.24, 2.45) is 0 Å². The summed E-state index contributed by atoms with van der Waals surface area (Å²) in [6, 6.07) is 0. The van der Waals surface area contributed by atoms with E-state index in [1.54, 1.807) is 0 Å². The van der Waals surface area contributed by atoms with Crippen LogP contribution in [0.1, 0.15) is 40.5 Å². The van der Waals surface area contributed by atoms with E-state index in [1.165, 1.54) is 13.8 Å². The molecular weight excluding hydrogens is 184 g/mol. The molecule has 0 N–H and O–H groups in total. The second kappa shape index (κ2) is 6.40. The monoisotopic (exact) mass is 202 g/mol. The van der Waals surface area contributed by atoms with Crippen molar-refractivity contribution in [2.75, 3.05) is 0 Å². The van der Waals surface area contributed by atoms with E-state index in [1.807, 2.05) is 13.8 Å². The zero-order valence-electron chi connectivity index (χ0n) is 9.20. The Morgan fingerprint density at radius 1 is 0.929 bits per heavy atom. The first-order valence-electron chi connectivity index (χ1n) is 4.76. The molecule has 0 aromatic carbocycles. The number of carbonyl (C=O) groups is 2. The van der Waals surface area contributed by atoms with Gasteiger partial charge in [-0.2, -0.15) is 0 Å². The summed E-state index contributed by atoms with van der Waals surface area (Å²) in [6.07, 6.45) is 1.17. The maximum absolute atomic E-state index is 10.6. The smallest absolute Gasteiger partial charge is 0.302 e. The molecule has 0 aliphatic rings. The Morgan fingerprint density at radius 3 is 1.43 bits per heavy atom. The molecule has 0 aromatic rings. The van der Waals surface area contributed by atoms with Crippen molar-refractivity contribution in [3.05, 3.63) is 0 Å². The van der Waals surface area contributed by atoms with E-state index in [2.05, 4.69) is 0 Å². The standard InChI is InChI=1S/C10H18O4/c1-7(13-9(3)11)5-6-8(2)14-10(4)12/h7-8H,5-6H2,1-4H3. The van der Waals surface area contributed by atoms with Gasteiger partial charge in [-0.15, -0.1) is 0 Å². The fourth-order valence-electron chi connectivity index (χ4n) is 1.15. The Morgan fingerprint density at radius 2 is 1.21 bits per heavy atom. The normalized spacial score (nSPS) is 14.3. The van der Waals surface area contributed by atoms with E-state index < -0.39 is 0 Å². The van der Waals surface area contributed by atoms with Crippen molar-refractivity contribution in [1.82, 2.24) is 0 Å². The number of esters is 2. The summed E-state index contributed by atoms with van der Waals surface area (Å²) >= 11 is 0. The summed E-state index contributed by atoms with van der Waals surface area (Å²) in [5.41, 5.74) is 0. The minimum atomic E-state index is -0.280. The predicted octanol–water partition coefficient (Wildman–Crippen LogP) is 1.67. The van der Waals surface area contributed by atoms with Gasteiger partial charge in [0.25, 0.3) is 0 Å². The minimum absolute atomic E-state index is 0.120. The third-order valence-corrected chi connectivity index (χ3v) is 1.71. The Bertz CT molecular complexity index is 178. The lowest BCUT2D eigenvalue weighted by atomic mass is 10.1. The second-order valence-electron chi connectivity index (χ2n) is 3.42. The summed E-state index contributed by atoms with van der Waals surface area (Å²) in [6.45, 7) is 6.40. The summed E-state index contributed by atoms with van der Waals surface area (Å²) in [5, 5.41) is 0. The second-order valence-corrected chi connectivity index (χ2v) is 3.42. The molecule has 2 atom stereocenters. The first-order valence-corrected chi connectivity index (χ1v) is 4.76.